The minimum Gasteiger partial charge on any atom is -0.382 e. The van der Waals surface area contributed by atoms with E-state index in [1.165, 1.54) is 11.3 Å². The second kappa shape index (κ2) is 3.50. The monoisotopic (exact) mass is 235 g/mol. The van der Waals surface area contributed by atoms with Gasteiger partial charge in [0.2, 0.25) is 0 Å². The fourth-order valence-electron chi connectivity index (χ4n) is 3.17. The van der Waals surface area contributed by atoms with Crippen molar-refractivity contribution in [2.24, 2.45) is 16.7 Å². The average Bonchev–Trinajstić information content (AvgIpc) is 2.46. The summed E-state index contributed by atoms with van der Waals surface area (Å²) in [6.07, 6.45) is 1.01. The van der Waals surface area contributed by atoms with Gasteiger partial charge in [0.1, 0.15) is 5.82 Å². The molecule has 1 heterocycles. The van der Waals surface area contributed by atoms with E-state index in [9.17, 15) is 0 Å². The fourth-order valence-corrected chi connectivity index (χ4v) is 3.17. The molecule has 1 aliphatic rings. The van der Waals surface area contributed by atoms with Gasteiger partial charge in [-0.1, -0.05) is 41.5 Å². The zero-order valence-electron chi connectivity index (χ0n) is 11.9. The van der Waals surface area contributed by atoms with Crippen LogP contribution in [0.3, 0.4) is 0 Å². The van der Waals surface area contributed by atoms with Gasteiger partial charge in [0.05, 0.1) is 0 Å². The van der Waals surface area contributed by atoms with Gasteiger partial charge in [0.15, 0.2) is 0 Å². The Hall–Kier alpha value is -0.990. The molecule has 96 valence electrons. The molecule has 0 unspecified atom stereocenters. The zero-order chi connectivity index (χ0) is 13.0. The van der Waals surface area contributed by atoms with Gasteiger partial charge in [-0.15, -0.1) is 0 Å². The lowest BCUT2D eigenvalue weighted by atomic mass is 9.98. The number of nitrogens with zero attached hydrogens (tertiary/aromatic N) is 1. The third kappa shape index (κ3) is 1.67. The molecule has 1 fully saturated rings. The summed E-state index contributed by atoms with van der Waals surface area (Å²) < 4.78 is 0. The highest BCUT2D eigenvalue weighted by atomic mass is 15.2. The highest BCUT2D eigenvalue weighted by Crippen LogP contribution is 2.73. The highest BCUT2D eigenvalue weighted by Gasteiger charge is 2.66. The Morgan fingerprint density at radius 3 is 2.18 bits per heavy atom. The number of nitrogens with one attached hydrogen (secondary N) is 1. The van der Waals surface area contributed by atoms with Crippen molar-refractivity contribution >= 4 is 5.82 Å². The van der Waals surface area contributed by atoms with E-state index in [0.717, 1.165) is 6.42 Å². The predicted molar refractivity (Wildman–Crippen MR) is 71.8 cm³/mol. The number of hydrogen-bond acceptors (Lipinski definition) is 2. The molecule has 0 bridgehead atoms. The molecule has 0 atom stereocenters. The maximum Gasteiger partial charge on any atom is 0.148 e. The molecule has 0 radical (unpaired) electrons. The molecule has 0 aromatic carbocycles. The lowest BCUT2D eigenvalue weighted by Crippen LogP contribution is -2.02. The topological polar surface area (TPSA) is 54.7 Å². The SMILES string of the molecule is CC(C)Cc1c(N)n[nH]c1C1C(C)(C)C1(C)C. The molecule has 1 aromatic heterocycles. The Kier molecular flexibility index (Phi) is 2.57. The number of anilines is 1. The maximum absolute atomic E-state index is 5.99. The van der Waals surface area contributed by atoms with Gasteiger partial charge in [-0.2, -0.15) is 5.10 Å². The first kappa shape index (κ1) is 12.5. The second-order valence-corrected chi connectivity index (χ2v) is 6.98. The standard InChI is InChI=1S/C14H25N3/c1-8(2)7-9-10(16-17-12(9)15)11-13(3,4)14(11,5)6/h8,11H,7H2,1-6H3,(H3,15,16,17). The molecule has 2 rings (SSSR count). The van der Waals surface area contributed by atoms with E-state index in [1.54, 1.807) is 0 Å². The van der Waals surface area contributed by atoms with Crippen molar-refractivity contribution in [2.75, 3.05) is 5.73 Å². The van der Waals surface area contributed by atoms with Crippen molar-refractivity contribution in [2.45, 2.75) is 53.9 Å². The van der Waals surface area contributed by atoms with Crippen LogP contribution in [0.15, 0.2) is 0 Å². The molecule has 0 spiro atoms. The van der Waals surface area contributed by atoms with Crippen molar-refractivity contribution in [3.63, 3.8) is 0 Å². The summed E-state index contributed by atoms with van der Waals surface area (Å²) in [7, 11) is 0. The molecule has 3 heteroatoms. The van der Waals surface area contributed by atoms with Gasteiger partial charge in [-0.3, -0.25) is 5.10 Å². The Balaban J connectivity index is 2.36. The van der Waals surface area contributed by atoms with Crippen molar-refractivity contribution < 1.29 is 0 Å². The van der Waals surface area contributed by atoms with E-state index in [4.69, 9.17) is 5.73 Å². The van der Waals surface area contributed by atoms with Crippen LogP contribution in [-0.2, 0) is 6.42 Å². The maximum atomic E-state index is 5.99. The Morgan fingerprint density at radius 1 is 1.24 bits per heavy atom. The molecule has 0 aliphatic heterocycles. The van der Waals surface area contributed by atoms with E-state index in [1.807, 2.05) is 0 Å². The van der Waals surface area contributed by atoms with Crippen LogP contribution in [0.4, 0.5) is 5.82 Å². The minimum absolute atomic E-state index is 0.331. The van der Waals surface area contributed by atoms with Crippen LogP contribution in [0.5, 0.6) is 0 Å². The van der Waals surface area contributed by atoms with Crippen LogP contribution in [0.25, 0.3) is 0 Å². The van der Waals surface area contributed by atoms with Crippen LogP contribution in [-0.4, -0.2) is 10.2 Å². The average molecular weight is 235 g/mol. The zero-order valence-corrected chi connectivity index (χ0v) is 11.9. The first-order valence-corrected chi connectivity index (χ1v) is 6.52. The Morgan fingerprint density at radius 2 is 1.76 bits per heavy atom. The third-order valence-corrected chi connectivity index (χ3v) is 4.85. The quantitative estimate of drug-likeness (QED) is 0.844. The normalized spacial score (nSPS) is 22.1. The molecule has 0 amide bonds. The highest BCUT2D eigenvalue weighted by molar-refractivity contribution is 5.47. The van der Waals surface area contributed by atoms with Crippen LogP contribution >= 0.6 is 0 Å². The van der Waals surface area contributed by atoms with Gasteiger partial charge >= 0.3 is 0 Å². The molecule has 1 aliphatic carbocycles. The van der Waals surface area contributed by atoms with E-state index in [2.05, 4.69) is 51.7 Å². The smallest absolute Gasteiger partial charge is 0.148 e. The first-order valence-electron chi connectivity index (χ1n) is 6.52. The van der Waals surface area contributed by atoms with E-state index in [0.29, 0.717) is 28.5 Å². The van der Waals surface area contributed by atoms with Gasteiger partial charge in [0, 0.05) is 17.2 Å². The van der Waals surface area contributed by atoms with Crippen LogP contribution in [0.1, 0.15) is 58.7 Å². The molecule has 3 N–H and O–H groups in total. The minimum atomic E-state index is 0.331. The van der Waals surface area contributed by atoms with Gasteiger partial charge in [0.25, 0.3) is 0 Å². The lowest BCUT2D eigenvalue weighted by Gasteiger charge is -2.08. The summed E-state index contributed by atoms with van der Waals surface area (Å²) in [5.74, 6) is 1.85. The largest absolute Gasteiger partial charge is 0.382 e. The lowest BCUT2D eigenvalue weighted by molar-refractivity contribution is 0.457. The molecular weight excluding hydrogens is 210 g/mol. The Labute approximate surface area is 104 Å². The molecule has 1 saturated carbocycles. The number of nitrogens with two attached hydrogens (primary N) is 1. The number of nitrogen functional groups attached to an aromatic ring is 1. The Bertz CT molecular complexity index is 413. The second-order valence-electron chi connectivity index (χ2n) is 6.98. The summed E-state index contributed by atoms with van der Waals surface area (Å²) in [4.78, 5) is 0. The summed E-state index contributed by atoms with van der Waals surface area (Å²) in [5, 5.41) is 7.39. The van der Waals surface area contributed by atoms with E-state index < -0.39 is 0 Å². The molecule has 1 aromatic rings. The number of hydrogen-bond donors (Lipinski definition) is 2. The third-order valence-electron chi connectivity index (χ3n) is 4.85. The number of rotatable bonds is 3. The van der Waals surface area contributed by atoms with Crippen molar-refractivity contribution in [1.82, 2.24) is 10.2 Å². The summed E-state index contributed by atoms with van der Waals surface area (Å²) in [6.45, 7) is 13.8. The first-order chi connectivity index (χ1) is 7.69. The van der Waals surface area contributed by atoms with Crippen molar-refractivity contribution in [3.05, 3.63) is 11.3 Å². The number of aromatic nitrogens is 2. The van der Waals surface area contributed by atoms with Crippen molar-refractivity contribution in [1.29, 1.82) is 0 Å². The van der Waals surface area contributed by atoms with Crippen LogP contribution < -0.4 is 5.73 Å². The summed E-state index contributed by atoms with van der Waals surface area (Å²) >= 11 is 0. The van der Waals surface area contributed by atoms with Crippen LogP contribution in [0.2, 0.25) is 0 Å². The molecule has 3 nitrogen and oxygen atoms in total. The van der Waals surface area contributed by atoms with Gasteiger partial charge < -0.3 is 5.73 Å². The van der Waals surface area contributed by atoms with Crippen LogP contribution in [0, 0.1) is 16.7 Å². The summed E-state index contributed by atoms with van der Waals surface area (Å²) in [5.41, 5.74) is 9.16. The molecular formula is C14H25N3. The molecule has 17 heavy (non-hydrogen) atoms. The van der Waals surface area contributed by atoms with Gasteiger partial charge in [-0.05, 0) is 23.2 Å². The fraction of sp³-hybridized carbons (Fsp3) is 0.786. The number of H-pyrrole nitrogens is 1. The summed E-state index contributed by atoms with van der Waals surface area (Å²) in [6, 6.07) is 0. The molecule has 0 saturated heterocycles. The van der Waals surface area contributed by atoms with E-state index in [-0.39, 0.29) is 0 Å². The van der Waals surface area contributed by atoms with E-state index >= 15 is 0 Å². The predicted octanol–water partition coefficient (Wildman–Crippen LogP) is 3.34. The van der Waals surface area contributed by atoms with Crippen molar-refractivity contribution in [3.8, 4) is 0 Å². The number of aromatic amines is 1. The van der Waals surface area contributed by atoms with Gasteiger partial charge in [-0.25, -0.2) is 0 Å².